The highest BCUT2D eigenvalue weighted by Crippen LogP contribution is 2.26. The van der Waals surface area contributed by atoms with Crippen molar-refractivity contribution < 1.29 is 9.53 Å². The van der Waals surface area contributed by atoms with Gasteiger partial charge in [0.1, 0.15) is 24.1 Å². The van der Waals surface area contributed by atoms with Gasteiger partial charge in [0.15, 0.2) is 0 Å². The van der Waals surface area contributed by atoms with E-state index in [4.69, 9.17) is 9.72 Å². The zero-order valence-corrected chi connectivity index (χ0v) is 15.5. The fourth-order valence-corrected chi connectivity index (χ4v) is 3.21. The fourth-order valence-electron chi connectivity index (χ4n) is 3.21. The third-order valence-corrected chi connectivity index (χ3v) is 4.42. The Hall–Kier alpha value is -2.54. The number of nitrogens with one attached hydrogen (secondary N) is 1. The number of likely N-dealkylation sites (tertiary alicyclic amines) is 1. The Morgan fingerprint density at radius 2 is 2.08 bits per heavy atom. The third-order valence-electron chi connectivity index (χ3n) is 4.42. The highest BCUT2D eigenvalue weighted by Gasteiger charge is 2.26. The topological polar surface area (TPSA) is 80.2 Å². The van der Waals surface area contributed by atoms with Gasteiger partial charge in [-0.1, -0.05) is 6.07 Å². The van der Waals surface area contributed by atoms with E-state index < -0.39 is 0 Å². The summed E-state index contributed by atoms with van der Waals surface area (Å²) >= 11 is 0. The molecule has 0 spiro atoms. The van der Waals surface area contributed by atoms with Crippen molar-refractivity contribution in [3.05, 3.63) is 41.5 Å². The number of aromatic nitrogens is 3. The van der Waals surface area contributed by atoms with Crippen molar-refractivity contribution in [2.24, 2.45) is 0 Å². The van der Waals surface area contributed by atoms with Crippen molar-refractivity contribution >= 4 is 17.5 Å². The van der Waals surface area contributed by atoms with Crippen molar-refractivity contribution in [3.63, 3.8) is 0 Å². The molecule has 3 heterocycles. The van der Waals surface area contributed by atoms with Gasteiger partial charge in [0.05, 0.1) is 0 Å². The van der Waals surface area contributed by atoms with Crippen molar-refractivity contribution in [3.8, 4) is 0 Å². The summed E-state index contributed by atoms with van der Waals surface area (Å²) in [4.78, 5) is 27.7. The summed E-state index contributed by atoms with van der Waals surface area (Å²) in [6.45, 7) is 5.43. The SMILES string of the molecule is COCC(=O)N1CCCC(c2nc(C)cc(Nc3cccc(C)n3)n2)C1. The van der Waals surface area contributed by atoms with Crippen LogP contribution in [-0.2, 0) is 9.53 Å². The van der Waals surface area contributed by atoms with Crippen LogP contribution in [0.15, 0.2) is 24.3 Å². The van der Waals surface area contributed by atoms with Crippen LogP contribution in [0.3, 0.4) is 0 Å². The minimum atomic E-state index is 0.0205. The van der Waals surface area contributed by atoms with Gasteiger partial charge in [0.25, 0.3) is 0 Å². The molecule has 7 heteroatoms. The van der Waals surface area contributed by atoms with Crippen LogP contribution in [0, 0.1) is 13.8 Å². The van der Waals surface area contributed by atoms with Crippen LogP contribution < -0.4 is 5.32 Å². The molecule has 26 heavy (non-hydrogen) atoms. The predicted molar refractivity (Wildman–Crippen MR) is 99.5 cm³/mol. The van der Waals surface area contributed by atoms with Crippen LogP contribution >= 0.6 is 0 Å². The second kappa shape index (κ2) is 8.23. The number of pyridine rings is 1. The molecule has 2 aromatic rings. The molecule has 0 aliphatic carbocycles. The van der Waals surface area contributed by atoms with Gasteiger partial charge in [-0.3, -0.25) is 4.79 Å². The first-order chi connectivity index (χ1) is 12.5. The van der Waals surface area contributed by atoms with Crippen LogP contribution in [0.2, 0.25) is 0 Å². The third kappa shape index (κ3) is 4.54. The number of nitrogens with zero attached hydrogens (tertiary/aromatic N) is 4. The van der Waals surface area contributed by atoms with Gasteiger partial charge in [0, 0.05) is 43.6 Å². The summed E-state index contributed by atoms with van der Waals surface area (Å²) in [5.74, 6) is 2.42. The molecule has 1 saturated heterocycles. The number of amides is 1. The standard InChI is InChI=1S/C19H25N5O2/c1-13-6-4-8-16(20-13)22-17-10-14(2)21-19(23-17)15-7-5-9-24(11-15)18(25)12-26-3/h4,6,8,10,15H,5,7,9,11-12H2,1-3H3,(H,20,21,22,23). The minimum absolute atomic E-state index is 0.0205. The van der Waals surface area contributed by atoms with Crippen molar-refractivity contribution in [2.45, 2.75) is 32.6 Å². The summed E-state index contributed by atoms with van der Waals surface area (Å²) in [6, 6.07) is 7.73. The number of ether oxygens (including phenoxy) is 1. The Balaban J connectivity index is 1.77. The summed E-state index contributed by atoms with van der Waals surface area (Å²) in [7, 11) is 1.54. The fraction of sp³-hybridized carbons (Fsp3) is 0.474. The Morgan fingerprint density at radius 1 is 1.23 bits per heavy atom. The highest BCUT2D eigenvalue weighted by molar-refractivity contribution is 5.77. The molecule has 1 amide bonds. The van der Waals surface area contributed by atoms with Crippen molar-refractivity contribution in [2.75, 3.05) is 32.1 Å². The Bertz CT molecular complexity index is 780. The van der Waals surface area contributed by atoms with Crippen LogP contribution in [0.25, 0.3) is 0 Å². The Kier molecular flexibility index (Phi) is 5.78. The number of rotatable bonds is 5. The average Bonchev–Trinajstić information content (AvgIpc) is 2.61. The first-order valence-corrected chi connectivity index (χ1v) is 8.88. The molecule has 0 radical (unpaired) electrons. The van der Waals surface area contributed by atoms with Gasteiger partial charge in [-0.25, -0.2) is 15.0 Å². The van der Waals surface area contributed by atoms with E-state index in [1.807, 2.05) is 43.0 Å². The van der Waals surface area contributed by atoms with Crippen LogP contribution in [-0.4, -0.2) is 52.6 Å². The Labute approximate surface area is 153 Å². The van der Waals surface area contributed by atoms with E-state index in [1.165, 1.54) is 0 Å². The molecule has 1 aliphatic rings. The van der Waals surface area contributed by atoms with Gasteiger partial charge < -0.3 is 15.0 Å². The van der Waals surface area contributed by atoms with Crippen LogP contribution in [0.5, 0.6) is 0 Å². The maximum atomic E-state index is 12.1. The minimum Gasteiger partial charge on any atom is -0.375 e. The van der Waals surface area contributed by atoms with E-state index in [1.54, 1.807) is 7.11 Å². The normalized spacial score (nSPS) is 17.2. The Morgan fingerprint density at radius 3 is 2.85 bits per heavy atom. The first kappa shape index (κ1) is 18.3. The number of hydrogen-bond acceptors (Lipinski definition) is 6. The molecule has 1 aliphatic heterocycles. The zero-order valence-electron chi connectivity index (χ0n) is 15.5. The molecule has 1 unspecified atom stereocenters. The second-order valence-electron chi connectivity index (χ2n) is 6.65. The maximum absolute atomic E-state index is 12.1. The van der Waals surface area contributed by atoms with E-state index >= 15 is 0 Å². The number of anilines is 2. The number of piperidine rings is 1. The van der Waals surface area contributed by atoms with Crippen LogP contribution in [0.1, 0.15) is 36.0 Å². The number of aryl methyl sites for hydroxylation is 2. The van der Waals surface area contributed by atoms with Gasteiger partial charge in [-0.05, 0) is 38.8 Å². The quantitative estimate of drug-likeness (QED) is 0.888. The number of carbonyl (C=O) groups is 1. The molecule has 3 rings (SSSR count). The molecule has 1 fully saturated rings. The smallest absolute Gasteiger partial charge is 0.248 e. The van der Waals surface area contributed by atoms with E-state index in [2.05, 4.69) is 15.3 Å². The lowest BCUT2D eigenvalue weighted by Gasteiger charge is -2.32. The summed E-state index contributed by atoms with van der Waals surface area (Å²) in [6.07, 6.45) is 1.92. The number of hydrogen-bond donors (Lipinski definition) is 1. The molecule has 1 N–H and O–H groups in total. The molecule has 0 aromatic carbocycles. The van der Waals surface area contributed by atoms with Gasteiger partial charge >= 0.3 is 0 Å². The summed E-state index contributed by atoms with van der Waals surface area (Å²) < 4.78 is 4.97. The zero-order chi connectivity index (χ0) is 18.5. The molecular weight excluding hydrogens is 330 g/mol. The molecule has 0 saturated carbocycles. The number of methoxy groups -OCH3 is 1. The lowest BCUT2D eigenvalue weighted by atomic mass is 9.97. The molecule has 0 bridgehead atoms. The molecular formula is C19H25N5O2. The van der Waals surface area contributed by atoms with Gasteiger partial charge in [0.2, 0.25) is 5.91 Å². The first-order valence-electron chi connectivity index (χ1n) is 8.88. The second-order valence-corrected chi connectivity index (χ2v) is 6.65. The summed E-state index contributed by atoms with van der Waals surface area (Å²) in [5, 5.41) is 3.26. The molecule has 1 atom stereocenters. The lowest BCUT2D eigenvalue weighted by molar-refractivity contribution is -0.136. The average molecular weight is 355 g/mol. The van der Waals surface area contributed by atoms with Crippen LogP contribution in [0.4, 0.5) is 11.6 Å². The van der Waals surface area contributed by atoms with Gasteiger partial charge in [-0.2, -0.15) is 0 Å². The largest absolute Gasteiger partial charge is 0.375 e. The van der Waals surface area contributed by atoms with E-state index in [9.17, 15) is 4.79 Å². The molecule has 138 valence electrons. The van der Waals surface area contributed by atoms with Crippen molar-refractivity contribution in [1.29, 1.82) is 0 Å². The number of carbonyl (C=O) groups excluding carboxylic acids is 1. The van der Waals surface area contributed by atoms with E-state index in [-0.39, 0.29) is 18.4 Å². The molecule has 7 nitrogen and oxygen atoms in total. The molecule has 2 aromatic heterocycles. The summed E-state index contributed by atoms with van der Waals surface area (Å²) in [5.41, 5.74) is 1.84. The highest BCUT2D eigenvalue weighted by atomic mass is 16.5. The maximum Gasteiger partial charge on any atom is 0.248 e. The van der Waals surface area contributed by atoms with E-state index in [0.717, 1.165) is 48.2 Å². The monoisotopic (exact) mass is 355 g/mol. The lowest BCUT2D eigenvalue weighted by Crippen LogP contribution is -2.41. The van der Waals surface area contributed by atoms with E-state index in [0.29, 0.717) is 6.54 Å². The van der Waals surface area contributed by atoms with Crippen molar-refractivity contribution in [1.82, 2.24) is 19.9 Å². The van der Waals surface area contributed by atoms with Gasteiger partial charge in [-0.15, -0.1) is 0 Å². The predicted octanol–water partition coefficient (Wildman–Crippen LogP) is 2.58.